The Morgan fingerprint density at radius 2 is 1.94 bits per heavy atom. The van der Waals surface area contributed by atoms with Crippen molar-refractivity contribution in [3.05, 3.63) is 46.9 Å². The minimum atomic E-state index is 0.737. The first-order valence-corrected chi connectivity index (χ1v) is 5.93. The lowest BCUT2D eigenvalue weighted by atomic mass is 10.0. The van der Waals surface area contributed by atoms with Gasteiger partial charge in [0.2, 0.25) is 0 Å². The summed E-state index contributed by atoms with van der Waals surface area (Å²) in [5.41, 5.74) is 1.98. The Morgan fingerprint density at radius 1 is 1.12 bits per heavy atom. The molecule has 0 spiro atoms. The second-order valence-corrected chi connectivity index (χ2v) is 4.41. The van der Waals surface area contributed by atoms with Gasteiger partial charge in [-0.1, -0.05) is 28.1 Å². The highest BCUT2D eigenvalue weighted by Gasteiger charge is 2.07. The summed E-state index contributed by atoms with van der Waals surface area (Å²) < 4.78 is 11.5. The molecule has 2 nitrogen and oxygen atoms in total. The lowest BCUT2D eigenvalue weighted by Crippen LogP contribution is -1.90. The van der Waals surface area contributed by atoms with Crippen molar-refractivity contribution in [2.45, 2.75) is 0 Å². The van der Waals surface area contributed by atoms with Crippen LogP contribution in [0.1, 0.15) is 0 Å². The molecule has 17 heavy (non-hydrogen) atoms. The molecule has 0 aromatic heterocycles. The molecule has 0 amide bonds. The molecule has 2 aromatic rings. The highest BCUT2D eigenvalue weighted by atomic mass is 79.9. The third-order valence-electron chi connectivity index (χ3n) is 2.45. The van der Waals surface area contributed by atoms with E-state index in [9.17, 15) is 0 Å². The molecule has 2 aromatic carbocycles. The predicted octanol–water partition coefficient (Wildman–Crippen LogP) is 3.93. The van der Waals surface area contributed by atoms with E-state index in [0.717, 1.165) is 27.1 Å². The second kappa shape index (κ2) is 5.23. The molecule has 0 N–H and O–H groups in total. The molecule has 0 saturated carbocycles. The van der Waals surface area contributed by atoms with Gasteiger partial charge in [-0.3, -0.25) is 0 Å². The first kappa shape index (κ1) is 12.0. The lowest BCUT2D eigenvalue weighted by Gasteiger charge is -2.10. The van der Waals surface area contributed by atoms with Gasteiger partial charge in [-0.25, -0.2) is 0 Å². The molecule has 0 bridgehead atoms. The summed E-state index contributed by atoms with van der Waals surface area (Å²) >= 11 is 3.45. The van der Waals surface area contributed by atoms with Crippen LogP contribution >= 0.6 is 15.9 Å². The number of ether oxygens (including phenoxy) is 2. The number of rotatable bonds is 3. The van der Waals surface area contributed by atoms with Gasteiger partial charge in [-0.05, 0) is 29.8 Å². The fourth-order valence-electron chi connectivity index (χ4n) is 1.61. The summed E-state index contributed by atoms with van der Waals surface area (Å²) in [6, 6.07) is 14.9. The van der Waals surface area contributed by atoms with Crippen molar-refractivity contribution in [2.75, 3.05) is 14.2 Å². The molecule has 0 aliphatic rings. The average Bonchev–Trinajstić information content (AvgIpc) is 2.38. The highest BCUT2D eigenvalue weighted by Crippen LogP contribution is 2.33. The van der Waals surface area contributed by atoms with Crippen LogP contribution in [0.3, 0.4) is 0 Å². The van der Waals surface area contributed by atoms with Gasteiger partial charge in [0.05, 0.1) is 14.2 Å². The SMILES string of the molecule is COc1c[c]c(-c2cccc(Br)c2)c(OC)c1. The Bertz CT molecular complexity index is 523. The maximum atomic E-state index is 5.36. The molecule has 0 unspecified atom stereocenters. The fraction of sp³-hybridized carbons (Fsp3) is 0.143. The van der Waals surface area contributed by atoms with Crippen molar-refractivity contribution in [3.8, 4) is 22.6 Å². The largest absolute Gasteiger partial charge is 0.497 e. The van der Waals surface area contributed by atoms with Crippen molar-refractivity contribution in [1.29, 1.82) is 0 Å². The van der Waals surface area contributed by atoms with Crippen LogP contribution in [0, 0.1) is 6.07 Å². The van der Waals surface area contributed by atoms with E-state index in [-0.39, 0.29) is 0 Å². The Hall–Kier alpha value is -1.48. The Kier molecular flexibility index (Phi) is 3.69. The van der Waals surface area contributed by atoms with E-state index in [1.165, 1.54) is 0 Å². The van der Waals surface area contributed by atoms with Crippen LogP contribution in [0.4, 0.5) is 0 Å². The maximum absolute atomic E-state index is 5.36. The van der Waals surface area contributed by atoms with Crippen molar-refractivity contribution in [2.24, 2.45) is 0 Å². The molecule has 3 heteroatoms. The van der Waals surface area contributed by atoms with Crippen molar-refractivity contribution >= 4 is 15.9 Å². The van der Waals surface area contributed by atoms with Crippen molar-refractivity contribution in [1.82, 2.24) is 0 Å². The van der Waals surface area contributed by atoms with Crippen LogP contribution in [-0.4, -0.2) is 14.2 Å². The number of methoxy groups -OCH3 is 2. The lowest BCUT2D eigenvalue weighted by molar-refractivity contribution is 0.395. The summed E-state index contributed by atoms with van der Waals surface area (Å²) in [6.07, 6.45) is 0. The van der Waals surface area contributed by atoms with Gasteiger partial charge < -0.3 is 9.47 Å². The molecular weight excluding hydrogens is 280 g/mol. The van der Waals surface area contributed by atoms with Crippen LogP contribution in [0.5, 0.6) is 11.5 Å². The van der Waals surface area contributed by atoms with Crippen LogP contribution < -0.4 is 9.47 Å². The van der Waals surface area contributed by atoms with Crippen molar-refractivity contribution < 1.29 is 9.47 Å². The van der Waals surface area contributed by atoms with E-state index in [0.29, 0.717) is 0 Å². The van der Waals surface area contributed by atoms with E-state index in [4.69, 9.17) is 9.47 Å². The smallest absolute Gasteiger partial charge is 0.131 e. The van der Waals surface area contributed by atoms with Gasteiger partial charge in [0.25, 0.3) is 0 Å². The zero-order chi connectivity index (χ0) is 12.3. The molecule has 0 aliphatic heterocycles. The average molecular weight is 292 g/mol. The predicted molar refractivity (Wildman–Crippen MR) is 71.5 cm³/mol. The summed E-state index contributed by atoms with van der Waals surface area (Å²) in [4.78, 5) is 0. The zero-order valence-electron chi connectivity index (χ0n) is 9.66. The minimum absolute atomic E-state index is 0.737. The Morgan fingerprint density at radius 3 is 2.59 bits per heavy atom. The quantitative estimate of drug-likeness (QED) is 0.853. The second-order valence-electron chi connectivity index (χ2n) is 3.49. The fourth-order valence-corrected chi connectivity index (χ4v) is 2.01. The number of hydrogen-bond donors (Lipinski definition) is 0. The van der Waals surface area contributed by atoms with Gasteiger partial charge in [0.1, 0.15) is 11.5 Å². The Balaban J connectivity index is 2.51. The number of halogens is 1. The normalized spacial score (nSPS) is 10.1. The van der Waals surface area contributed by atoms with Crippen molar-refractivity contribution in [3.63, 3.8) is 0 Å². The van der Waals surface area contributed by atoms with Crippen LogP contribution in [0.25, 0.3) is 11.1 Å². The third-order valence-corrected chi connectivity index (χ3v) is 2.94. The topological polar surface area (TPSA) is 18.5 Å². The first-order valence-electron chi connectivity index (χ1n) is 5.14. The van der Waals surface area contributed by atoms with Gasteiger partial charge in [-0.15, -0.1) is 0 Å². The summed E-state index contributed by atoms with van der Waals surface area (Å²) in [5, 5.41) is 0. The molecule has 0 fully saturated rings. The van der Waals surface area contributed by atoms with Gasteiger partial charge >= 0.3 is 0 Å². The van der Waals surface area contributed by atoms with Crippen LogP contribution in [0.15, 0.2) is 40.9 Å². The Labute approximate surface area is 109 Å². The monoisotopic (exact) mass is 291 g/mol. The first-order chi connectivity index (χ1) is 8.24. The number of hydrogen-bond acceptors (Lipinski definition) is 2. The highest BCUT2D eigenvalue weighted by molar-refractivity contribution is 9.10. The van der Waals surface area contributed by atoms with Gasteiger partial charge in [-0.2, -0.15) is 0 Å². The molecule has 0 saturated heterocycles. The molecule has 0 heterocycles. The summed E-state index contributed by atoms with van der Waals surface area (Å²) in [7, 11) is 3.27. The third kappa shape index (κ3) is 2.61. The molecule has 2 rings (SSSR count). The van der Waals surface area contributed by atoms with Gasteiger partial charge in [0.15, 0.2) is 0 Å². The van der Waals surface area contributed by atoms with E-state index in [2.05, 4.69) is 22.0 Å². The number of benzene rings is 2. The summed E-state index contributed by atoms with van der Waals surface area (Å²) in [5.74, 6) is 1.49. The van der Waals surface area contributed by atoms with Crippen LogP contribution in [0.2, 0.25) is 0 Å². The van der Waals surface area contributed by atoms with Gasteiger partial charge in [0, 0.05) is 16.1 Å². The standard InChI is InChI=1S/C14H12BrO2/c1-16-12-6-7-13(14(9-12)17-2)10-4-3-5-11(15)8-10/h3-6,8-9H,1-2H3. The van der Waals surface area contributed by atoms with E-state index in [1.807, 2.05) is 30.3 Å². The van der Waals surface area contributed by atoms with E-state index >= 15 is 0 Å². The zero-order valence-corrected chi connectivity index (χ0v) is 11.2. The van der Waals surface area contributed by atoms with E-state index < -0.39 is 0 Å². The van der Waals surface area contributed by atoms with Crippen LogP contribution in [-0.2, 0) is 0 Å². The summed E-state index contributed by atoms with van der Waals surface area (Å²) in [6.45, 7) is 0. The molecule has 0 atom stereocenters. The molecule has 1 radical (unpaired) electrons. The van der Waals surface area contributed by atoms with E-state index in [1.54, 1.807) is 20.3 Å². The molecule has 0 aliphatic carbocycles. The maximum Gasteiger partial charge on any atom is 0.131 e. The molecule has 87 valence electrons. The minimum Gasteiger partial charge on any atom is -0.497 e. The molecular formula is C14H12BrO2.